The van der Waals surface area contributed by atoms with Gasteiger partial charge in [0.25, 0.3) is 0 Å². The quantitative estimate of drug-likeness (QED) is 0.384. The number of hydrogen-bond acceptors (Lipinski definition) is 3. The number of aliphatic imine (C=N–C) groups is 1. The van der Waals surface area contributed by atoms with Gasteiger partial charge in [-0.15, -0.1) is 35.3 Å². The first-order chi connectivity index (χ1) is 11.4. The third-order valence-electron chi connectivity index (χ3n) is 3.30. The minimum atomic E-state index is -4.31. The van der Waals surface area contributed by atoms with Crippen molar-refractivity contribution in [3.63, 3.8) is 0 Å². The third-order valence-corrected chi connectivity index (χ3v) is 4.13. The van der Waals surface area contributed by atoms with E-state index in [0.717, 1.165) is 34.8 Å². The number of guanidine groups is 1. The monoisotopic (exact) mass is 484 g/mol. The Morgan fingerprint density at radius 1 is 1.20 bits per heavy atom. The largest absolute Gasteiger partial charge is 0.416 e. The van der Waals surface area contributed by atoms with Gasteiger partial charge in [0.1, 0.15) is 0 Å². The first-order valence-electron chi connectivity index (χ1n) is 7.40. The zero-order valence-electron chi connectivity index (χ0n) is 13.9. The Morgan fingerprint density at radius 3 is 2.40 bits per heavy atom. The molecule has 0 spiro atoms. The summed E-state index contributed by atoms with van der Waals surface area (Å²) < 4.78 is 37.6. The van der Waals surface area contributed by atoms with Crippen molar-refractivity contribution in [1.29, 1.82) is 0 Å². The Labute approximate surface area is 166 Å². The van der Waals surface area contributed by atoms with Gasteiger partial charge < -0.3 is 10.6 Å². The normalized spacial score (nSPS) is 11.8. The van der Waals surface area contributed by atoms with E-state index in [2.05, 4.69) is 20.6 Å². The van der Waals surface area contributed by atoms with Crippen molar-refractivity contribution in [2.45, 2.75) is 26.1 Å². The van der Waals surface area contributed by atoms with Crippen LogP contribution in [0.2, 0.25) is 0 Å². The number of benzene rings is 1. The average Bonchev–Trinajstić information content (AvgIpc) is 2.95. The molecule has 0 aliphatic rings. The molecule has 0 amide bonds. The molecular formula is C16H20F3IN4S. The van der Waals surface area contributed by atoms with E-state index in [9.17, 15) is 13.2 Å². The Bertz CT molecular complexity index is 683. The first-order valence-corrected chi connectivity index (χ1v) is 8.28. The van der Waals surface area contributed by atoms with Crippen LogP contribution < -0.4 is 10.6 Å². The molecule has 2 N–H and O–H groups in total. The van der Waals surface area contributed by atoms with Crippen molar-refractivity contribution in [1.82, 2.24) is 15.6 Å². The molecule has 2 rings (SSSR count). The summed E-state index contributed by atoms with van der Waals surface area (Å²) in [6, 6.07) is 5.08. The van der Waals surface area contributed by atoms with Crippen LogP contribution in [0.25, 0.3) is 0 Å². The van der Waals surface area contributed by atoms with E-state index in [1.807, 2.05) is 12.3 Å². The molecule has 0 saturated carbocycles. The van der Waals surface area contributed by atoms with E-state index < -0.39 is 11.7 Å². The number of thiazole rings is 1. The van der Waals surface area contributed by atoms with Crippen molar-refractivity contribution >= 4 is 41.3 Å². The Hall–Kier alpha value is -1.36. The molecule has 9 heteroatoms. The second-order valence-corrected chi connectivity index (χ2v) is 6.22. The number of hydrogen-bond donors (Lipinski definition) is 2. The average molecular weight is 484 g/mol. The SMILES string of the molecule is CN=C(NCCc1csc(C)n1)NCc1ccc(C(F)(F)F)cc1.I. The predicted octanol–water partition coefficient (Wildman–Crippen LogP) is 4.00. The van der Waals surface area contributed by atoms with Crippen LogP contribution in [0.4, 0.5) is 13.2 Å². The van der Waals surface area contributed by atoms with E-state index in [0.29, 0.717) is 19.0 Å². The predicted molar refractivity (Wildman–Crippen MR) is 106 cm³/mol. The van der Waals surface area contributed by atoms with E-state index in [-0.39, 0.29) is 24.0 Å². The van der Waals surface area contributed by atoms with Gasteiger partial charge in [0, 0.05) is 31.9 Å². The van der Waals surface area contributed by atoms with Gasteiger partial charge in [-0.3, -0.25) is 4.99 Å². The standard InChI is InChI=1S/C16H19F3N4S.HI/c1-11-23-14(10-24-11)7-8-21-15(20-2)22-9-12-3-5-13(6-4-12)16(17,18)19;/h3-6,10H,7-9H2,1-2H3,(H2,20,21,22);1H. The van der Waals surface area contributed by atoms with Crippen LogP contribution in [-0.4, -0.2) is 24.5 Å². The summed E-state index contributed by atoms with van der Waals surface area (Å²) in [5.41, 5.74) is 1.14. The van der Waals surface area contributed by atoms with Gasteiger partial charge in [-0.1, -0.05) is 12.1 Å². The maximum Gasteiger partial charge on any atom is 0.416 e. The van der Waals surface area contributed by atoms with Crippen LogP contribution in [0.15, 0.2) is 34.6 Å². The summed E-state index contributed by atoms with van der Waals surface area (Å²) in [6.45, 7) is 3.04. The Balaban J connectivity index is 0.00000312. The van der Waals surface area contributed by atoms with Gasteiger partial charge in [0.2, 0.25) is 0 Å². The number of nitrogens with zero attached hydrogens (tertiary/aromatic N) is 2. The molecule has 1 aromatic heterocycles. The molecule has 0 radical (unpaired) electrons. The van der Waals surface area contributed by atoms with E-state index >= 15 is 0 Å². The lowest BCUT2D eigenvalue weighted by atomic mass is 10.1. The lowest BCUT2D eigenvalue weighted by Gasteiger charge is -2.12. The van der Waals surface area contributed by atoms with E-state index in [1.54, 1.807) is 18.4 Å². The fourth-order valence-corrected chi connectivity index (χ4v) is 2.70. The number of aryl methyl sites for hydroxylation is 1. The minimum Gasteiger partial charge on any atom is -0.356 e. The Kier molecular flexibility index (Phi) is 8.63. The van der Waals surface area contributed by atoms with Crippen molar-refractivity contribution in [2.75, 3.05) is 13.6 Å². The van der Waals surface area contributed by atoms with Crippen LogP contribution in [-0.2, 0) is 19.1 Å². The summed E-state index contributed by atoms with van der Waals surface area (Å²) in [5, 5.41) is 9.29. The Morgan fingerprint density at radius 2 is 1.88 bits per heavy atom. The highest BCUT2D eigenvalue weighted by molar-refractivity contribution is 14.0. The van der Waals surface area contributed by atoms with Gasteiger partial charge in [-0.2, -0.15) is 13.2 Å². The molecular weight excluding hydrogens is 464 g/mol. The van der Waals surface area contributed by atoms with Crippen LogP contribution in [0, 0.1) is 6.92 Å². The topological polar surface area (TPSA) is 49.3 Å². The maximum absolute atomic E-state index is 12.5. The van der Waals surface area contributed by atoms with Crippen LogP contribution >= 0.6 is 35.3 Å². The smallest absolute Gasteiger partial charge is 0.356 e. The van der Waals surface area contributed by atoms with Gasteiger partial charge in [0.15, 0.2) is 5.96 Å². The lowest BCUT2D eigenvalue weighted by Crippen LogP contribution is -2.37. The molecule has 25 heavy (non-hydrogen) atoms. The molecule has 138 valence electrons. The summed E-state index contributed by atoms with van der Waals surface area (Å²) in [4.78, 5) is 8.47. The third kappa shape index (κ3) is 7.18. The van der Waals surface area contributed by atoms with Crippen LogP contribution in [0.3, 0.4) is 0 Å². The molecule has 0 bridgehead atoms. The summed E-state index contributed by atoms with van der Waals surface area (Å²) in [6.07, 6.45) is -3.52. The number of aromatic nitrogens is 1. The second kappa shape index (κ2) is 9.95. The van der Waals surface area contributed by atoms with Crippen LogP contribution in [0.1, 0.15) is 21.8 Å². The fourth-order valence-electron chi connectivity index (χ4n) is 2.05. The van der Waals surface area contributed by atoms with Crippen molar-refractivity contribution in [3.05, 3.63) is 51.5 Å². The van der Waals surface area contributed by atoms with Crippen LogP contribution in [0.5, 0.6) is 0 Å². The first kappa shape index (κ1) is 21.7. The molecule has 0 aliphatic heterocycles. The molecule has 0 fully saturated rings. The number of rotatable bonds is 5. The molecule has 4 nitrogen and oxygen atoms in total. The summed E-state index contributed by atoms with van der Waals surface area (Å²) in [7, 11) is 1.65. The lowest BCUT2D eigenvalue weighted by molar-refractivity contribution is -0.137. The second-order valence-electron chi connectivity index (χ2n) is 5.16. The highest BCUT2D eigenvalue weighted by atomic mass is 127. The molecule has 0 saturated heterocycles. The molecule has 1 aromatic carbocycles. The number of nitrogens with one attached hydrogen (secondary N) is 2. The van der Waals surface area contributed by atoms with E-state index in [1.165, 1.54) is 12.1 Å². The van der Waals surface area contributed by atoms with Gasteiger partial charge in [0.05, 0.1) is 16.3 Å². The van der Waals surface area contributed by atoms with Crippen molar-refractivity contribution < 1.29 is 13.2 Å². The zero-order chi connectivity index (χ0) is 17.6. The maximum atomic E-state index is 12.5. The molecule has 0 atom stereocenters. The molecule has 2 aromatic rings. The van der Waals surface area contributed by atoms with Gasteiger partial charge in [-0.25, -0.2) is 4.98 Å². The molecule has 0 aliphatic carbocycles. The summed E-state index contributed by atoms with van der Waals surface area (Å²) >= 11 is 1.61. The number of halogens is 4. The highest BCUT2D eigenvalue weighted by Gasteiger charge is 2.29. The van der Waals surface area contributed by atoms with Crippen molar-refractivity contribution in [2.24, 2.45) is 4.99 Å². The molecule has 1 heterocycles. The van der Waals surface area contributed by atoms with Gasteiger partial charge in [-0.05, 0) is 24.6 Å². The zero-order valence-corrected chi connectivity index (χ0v) is 17.0. The van der Waals surface area contributed by atoms with Gasteiger partial charge >= 0.3 is 6.18 Å². The summed E-state index contributed by atoms with van der Waals surface area (Å²) in [5.74, 6) is 0.599. The fraction of sp³-hybridized carbons (Fsp3) is 0.375. The van der Waals surface area contributed by atoms with E-state index in [4.69, 9.17) is 0 Å². The number of alkyl halides is 3. The highest BCUT2D eigenvalue weighted by Crippen LogP contribution is 2.28. The molecule has 0 unspecified atom stereocenters. The van der Waals surface area contributed by atoms with Crippen molar-refractivity contribution in [3.8, 4) is 0 Å². The minimum absolute atomic E-state index is 0.